The summed E-state index contributed by atoms with van der Waals surface area (Å²) in [6.07, 6.45) is 0.200. The predicted octanol–water partition coefficient (Wildman–Crippen LogP) is 1.92. The maximum absolute atomic E-state index is 10.8. The highest BCUT2D eigenvalue weighted by Crippen LogP contribution is 2.33. The summed E-state index contributed by atoms with van der Waals surface area (Å²) in [6.45, 7) is 3.81. The topological polar surface area (TPSA) is 72.5 Å². The van der Waals surface area contributed by atoms with Crippen molar-refractivity contribution in [2.75, 3.05) is 7.11 Å². The molecule has 1 unspecified atom stereocenters. The van der Waals surface area contributed by atoms with Crippen LogP contribution in [-0.2, 0) is 11.2 Å². The van der Waals surface area contributed by atoms with Gasteiger partial charge in [-0.3, -0.25) is 4.79 Å². The zero-order chi connectivity index (χ0) is 13.2. The fraction of sp³-hybridized carbons (Fsp3) is 0.417. The maximum Gasteiger partial charge on any atom is 0.320 e. The SMILES string of the molecule is COc1c(Cl)cc(C)c(C)c1CC(N)C(=O)O. The zero-order valence-electron chi connectivity index (χ0n) is 10.1. The number of aryl methyl sites for hydroxylation is 1. The van der Waals surface area contributed by atoms with Crippen molar-refractivity contribution in [1.82, 2.24) is 0 Å². The minimum Gasteiger partial charge on any atom is -0.495 e. The number of carbonyl (C=O) groups is 1. The molecule has 0 aromatic heterocycles. The normalized spacial score (nSPS) is 12.3. The minimum absolute atomic E-state index is 0.200. The largest absolute Gasteiger partial charge is 0.495 e. The first-order chi connectivity index (χ1) is 7.88. The van der Waals surface area contributed by atoms with Gasteiger partial charge in [0, 0.05) is 12.0 Å². The van der Waals surface area contributed by atoms with Crippen molar-refractivity contribution in [3.63, 3.8) is 0 Å². The first-order valence-electron chi connectivity index (χ1n) is 5.19. The molecular weight excluding hydrogens is 242 g/mol. The van der Waals surface area contributed by atoms with Gasteiger partial charge in [0.2, 0.25) is 0 Å². The Labute approximate surface area is 105 Å². The molecule has 0 aliphatic heterocycles. The quantitative estimate of drug-likeness (QED) is 0.864. The van der Waals surface area contributed by atoms with E-state index in [1.54, 1.807) is 6.07 Å². The standard InChI is InChI=1S/C12H16ClNO3/c1-6-4-9(13)11(17-3)8(7(6)2)5-10(14)12(15)16/h4,10H,5,14H2,1-3H3,(H,15,16). The minimum atomic E-state index is -1.04. The maximum atomic E-state index is 10.8. The number of aliphatic carboxylic acids is 1. The van der Waals surface area contributed by atoms with Crippen LogP contribution >= 0.6 is 11.6 Å². The molecule has 0 bridgehead atoms. The number of hydrogen-bond donors (Lipinski definition) is 2. The van der Waals surface area contributed by atoms with E-state index >= 15 is 0 Å². The van der Waals surface area contributed by atoms with Gasteiger partial charge in [0.1, 0.15) is 11.8 Å². The third-order valence-electron chi connectivity index (χ3n) is 2.82. The molecule has 0 radical (unpaired) electrons. The first kappa shape index (κ1) is 13.8. The van der Waals surface area contributed by atoms with Gasteiger partial charge in [-0.1, -0.05) is 11.6 Å². The first-order valence-corrected chi connectivity index (χ1v) is 5.57. The highest BCUT2D eigenvalue weighted by Gasteiger charge is 2.19. The summed E-state index contributed by atoms with van der Waals surface area (Å²) in [6, 6.07) is 0.839. The van der Waals surface area contributed by atoms with Crippen LogP contribution in [0.2, 0.25) is 5.02 Å². The number of rotatable bonds is 4. The van der Waals surface area contributed by atoms with Crippen molar-refractivity contribution in [2.24, 2.45) is 5.73 Å². The number of benzene rings is 1. The average molecular weight is 258 g/mol. The molecule has 94 valence electrons. The molecule has 0 fully saturated rings. The third kappa shape index (κ3) is 2.90. The number of carboxylic acid groups (broad SMARTS) is 1. The van der Waals surface area contributed by atoms with E-state index in [1.165, 1.54) is 7.11 Å². The lowest BCUT2D eigenvalue weighted by molar-refractivity contribution is -0.138. The van der Waals surface area contributed by atoms with Crippen LogP contribution in [0.4, 0.5) is 0 Å². The van der Waals surface area contributed by atoms with E-state index in [0.717, 1.165) is 16.7 Å². The monoisotopic (exact) mass is 257 g/mol. The second-order valence-electron chi connectivity index (χ2n) is 3.96. The van der Waals surface area contributed by atoms with Gasteiger partial charge < -0.3 is 15.6 Å². The lowest BCUT2D eigenvalue weighted by atomic mass is 9.96. The second-order valence-corrected chi connectivity index (χ2v) is 4.37. The van der Waals surface area contributed by atoms with E-state index in [1.807, 2.05) is 13.8 Å². The zero-order valence-corrected chi connectivity index (χ0v) is 10.8. The molecular formula is C12H16ClNO3. The fourth-order valence-corrected chi connectivity index (χ4v) is 2.04. The number of halogens is 1. The highest BCUT2D eigenvalue weighted by molar-refractivity contribution is 6.32. The van der Waals surface area contributed by atoms with Crippen molar-refractivity contribution in [1.29, 1.82) is 0 Å². The summed E-state index contributed by atoms with van der Waals surface area (Å²) in [5.41, 5.74) is 8.25. The van der Waals surface area contributed by atoms with Crippen molar-refractivity contribution in [2.45, 2.75) is 26.3 Å². The molecule has 0 spiro atoms. The highest BCUT2D eigenvalue weighted by atomic mass is 35.5. The average Bonchev–Trinajstić information content (AvgIpc) is 2.25. The van der Waals surface area contributed by atoms with Crippen LogP contribution < -0.4 is 10.5 Å². The van der Waals surface area contributed by atoms with Crippen LogP contribution in [-0.4, -0.2) is 24.2 Å². The molecule has 17 heavy (non-hydrogen) atoms. The molecule has 1 rings (SSSR count). The summed E-state index contributed by atoms with van der Waals surface area (Å²) in [4.78, 5) is 10.8. The number of nitrogens with two attached hydrogens (primary N) is 1. The van der Waals surface area contributed by atoms with Crippen LogP contribution in [0.1, 0.15) is 16.7 Å². The third-order valence-corrected chi connectivity index (χ3v) is 3.10. The Morgan fingerprint density at radius 2 is 2.18 bits per heavy atom. The molecule has 3 N–H and O–H groups in total. The van der Waals surface area contributed by atoms with Gasteiger partial charge >= 0.3 is 5.97 Å². The van der Waals surface area contributed by atoms with E-state index < -0.39 is 12.0 Å². The van der Waals surface area contributed by atoms with Gasteiger partial charge in [-0.15, -0.1) is 0 Å². The Bertz CT molecular complexity index is 446. The summed E-state index contributed by atoms with van der Waals surface area (Å²) in [5.74, 6) is -0.532. The predicted molar refractivity (Wildman–Crippen MR) is 66.8 cm³/mol. The smallest absolute Gasteiger partial charge is 0.320 e. The van der Waals surface area contributed by atoms with Crippen LogP contribution in [0.3, 0.4) is 0 Å². The lowest BCUT2D eigenvalue weighted by Crippen LogP contribution is -2.32. The number of hydrogen-bond acceptors (Lipinski definition) is 3. The summed E-state index contributed by atoms with van der Waals surface area (Å²) in [7, 11) is 1.51. The number of ether oxygens (including phenoxy) is 1. The summed E-state index contributed by atoms with van der Waals surface area (Å²) in [5, 5.41) is 9.31. The summed E-state index contributed by atoms with van der Waals surface area (Å²) < 4.78 is 5.21. The van der Waals surface area contributed by atoms with Crippen molar-refractivity contribution in [3.8, 4) is 5.75 Å². The molecule has 0 aliphatic rings. The fourth-order valence-electron chi connectivity index (χ4n) is 1.69. The Morgan fingerprint density at radius 1 is 1.59 bits per heavy atom. The number of methoxy groups -OCH3 is 1. The van der Waals surface area contributed by atoms with Gasteiger partial charge in [0.25, 0.3) is 0 Å². The van der Waals surface area contributed by atoms with Gasteiger partial charge in [-0.2, -0.15) is 0 Å². The Morgan fingerprint density at radius 3 is 2.65 bits per heavy atom. The van der Waals surface area contributed by atoms with E-state index in [9.17, 15) is 4.79 Å². The Balaban J connectivity index is 3.25. The second kappa shape index (κ2) is 5.38. The van der Waals surface area contributed by atoms with Crippen molar-refractivity contribution >= 4 is 17.6 Å². The molecule has 1 aromatic carbocycles. The van der Waals surface area contributed by atoms with E-state index in [4.69, 9.17) is 27.2 Å². The van der Waals surface area contributed by atoms with Gasteiger partial charge in [-0.05, 0) is 31.0 Å². The summed E-state index contributed by atoms with van der Waals surface area (Å²) >= 11 is 6.06. The molecule has 0 aliphatic carbocycles. The molecule has 0 saturated heterocycles. The number of carboxylic acids is 1. The van der Waals surface area contributed by atoms with Gasteiger partial charge in [0.15, 0.2) is 0 Å². The van der Waals surface area contributed by atoms with Gasteiger partial charge in [-0.25, -0.2) is 0 Å². The van der Waals surface area contributed by atoms with Crippen LogP contribution in [0, 0.1) is 13.8 Å². The molecule has 1 aromatic rings. The Hall–Kier alpha value is -1.26. The lowest BCUT2D eigenvalue weighted by Gasteiger charge is -2.17. The van der Waals surface area contributed by atoms with Crippen molar-refractivity contribution in [3.05, 3.63) is 27.8 Å². The van der Waals surface area contributed by atoms with E-state index in [2.05, 4.69) is 0 Å². The van der Waals surface area contributed by atoms with E-state index in [-0.39, 0.29) is 6.42 Å². The molecule has 0 heterocycles. The van der Waals surface area contributed by atoms with Gasteiger partial charge in [0.05, 0.1) is 12.1 Å². The molecule has 4 nitrogen and oxygen atoms in total. The van der Waals surface area contributed by atoms with E-state index in [0.29, 0.717) is 10.8 Å². The Kier molecular flexibility index (Phi) is 4.37. The molecule has 5 heteroatoms. The van der Waals surface area contributed by atoms with Crippen molar-refractivity contribution < 1.29 is 14.6 Å². The molecule has 0 saturated carbocycles. The van der Waals surface area contributed by atoms with Crippen LogP contribution in [0.15, 0.2) is 6.07 Å². The van der Waals surface area contributed by atoms with Crippen LogP contribution in [0.5, 0.6) is 5.75 Å². The molecule has 0 amide bonds. The van der Waals surface area contributed by atoms with Crippen LogP contribution in [0.25, 0.3) is 0 Å². The molecule has 1 atom stereocenters.